The summed E-state index contributed by atoms with van der Waals surface area (Å²) in [7, 11) is 0. The van der Waals surface area contributed by atoms with Crippen molar-refractivity contribution in [2.24, 2.45) is 5.92 Å². The van der Waals surface area contributed by atoms with Gasteiger partial charge in [-0.3, -0.25) is 9.36 Å². The average molecular weight is 427 g/mol. The molecule has 0 fully saturated rings. The summed E-state index contributed by atoms with van der Waals surface area (Å²) in [5.41, 5.74) is 1.97. The third kappa shape index (κ3) is 5.08. The fraction of sp³-hybridized carbons (Fsp3) is 0.348. The van der Waals surface area contributed by atoms with Crippen molar-refractivity contribution >= 4 is 17.7 Å². The van der Waals surface area contributed by atoms with Crippen LogP contribution < -0.4 is 5.32 Å². The lowest BCUT2D eigenvalue weighted by atomic mass is 10.1. The van der Waals surface area contributed by atoms with Crippen LogP contribution in [0.2, 0.25) is 0 Å². The third-order valence-corrected chi connectivity index (χ3v) is 5.54. The molecule has 0 bridgehead atoms. The van der Waals surface area contributed by atoms with Crippen molar-refractivity contribution in [3.63, 3.8) is 0 Å². The summed E-state index contributed by atoms with van der Waals surface area (Å²) in [5, 5.41) is 12.2. The van der Waals surface area contributed by atoms with Crippen molar-refractivity contribution < 1.29 is 9.18 Å². The van der Waals surface area contributed by atoms with Crippen molar-refractivity contribution in [1.82, 2.24) is 20.1 Å². The van der Waals surface area contributed by atoms with Gasteiger partial charge < -0.3 is 5.32 Å². The fourth-order valence-corrected chi connectivity index (χ4v) is 3.97. The van der Waals surface area contributed by atoms with Crippen LogP contribution >= 0.6 is 11.8 Å². The summed E-state index contributed by atoms with van der Waals surface area (Å²) >= 11 is 1.44. The number of hydrogen-bond acceptors (Lipinski definition) is 4. The Bertz CT molecular complexity index is 1020. The summed E-state index contributed by atoms with van der Waals surface area (Å²) in [4.78, 5) is 12.6. The van der Waals surface area contributed by atoms with Crippen LogP contribution in [0.3, 0.4) is 0 Å². The zero-order valence-electron chi connectivity index (χ0n) is 17.7. The number of amides is 1. The number of carbonyl (C=O) groups excluding carboxylic acids is 1. The molecule has 0 aliphatic carbocycles. The van der Waals surface area contributed by atoms with E-state index in [9.17, 15) is 9.18 Å². The minimum absolute atomic E-state index is 0.0838. The number of nitrogens with one attached hydrogen (secondary N) is 1. The van der Waals surface area contributed by atoms with E-state index < -0.39 is 0 Å². The molecule has 2 aromatic carbocycles. The number of hydrogen-bond donors (Lipinski definition) is 1. The van der Waals surface area contributed by atoms with E-state index in [0.29, 0.717) is 40.4 Å². The predicted molar refractivity (Wildman–Crippen MR) is 119 cm³/mol. The second kappa shape index (κ2) is 9.89. The minimum atomic E-state index is -0.325. The molecule has 5 nitrogen and oxygen atoms in total. The lowest BCUT2D eigenvalue weighted by molar-refractivity contribution is 0.0948. The molecular weight excluding hydrogens is 399 g/mol. The SMILES string of the molecule is CC(C)CNC(=O)c1ccccc1CSc1nnc(C(C)C)n1-c1ccccc1F. The first-order chi connectivity index (χ1) is 14.4. The summed E-state index contributed by atoms with van der Waals surface area (Å²) in [6.07, 6.45) is 0. The molecule has 0 radical (unpaired) electrons. The van der Waals surface area contributed by atoms with Gasteiger partial charge in [0, 0.05) is 23.8 Å². The van der Waals surface area contributed by atoms with Gasteiger partial charge >= 0.3 is 0 Å². The van der Waals surface area contributed by atoms with Crippen molar-refractivity contribution in [2.75, 3.05) is 6.54 Å². The van der Waals surface area contributed by atoms with Crippen molar-refractivity contribution in [1.29, 1.82) is 0 Å². The number of benzene rings is 2. The fourth-order valence-electron chi connectivity index (χ4n) is 3.01. The normalized spacial score (nSPS) is 11.3. The van der Waals surface area contributed by atoms with Gasteiger partial charge in [-0.2, -0.15) is 0 Å². The molecule has 0 saturated carbocycles. The van der Waals surface area contributed by atoms with Crippen molar-refractivity contribution in [3.05, 3.63) is 71.3 Å². The van der Waals surface area contributed by atoms with Gasteiger partial charge in [-0.15, -0.1) is 10.2 Å². The Balaban J connectivity index is 1.87. The molecule has 3 rings (SSSR count). The van der Waals surface area contributed by atoms with Crippen LogP contribution in [0.1, 0.15) is 55.4 Å². The largest absolute Gasteiger partial charge is 0.352 e. The van der Waals surface area contributed by atoms with Crippen LogP contribution in [0.15, 0.2) is 53.7 Å². The molecule has 1 amide bonds. The van der Waals surface area contributed by atoms with Gasteiger partial charge in [0.2, 0.25) is 0 Å². The van der Waals surface area contributed by atoms with Gasteiger partial charge in [0.15, 0.2) is 5.16 Å². The van der Waals surface area contributed by atoms with Gasteiger partial charge in [0.1, 0.15) is 11.6 Å². The molecule has 0 unspecified atom stereocenters. The van der Waals surface area contributed by atoms with Crippen molar-refractivity contribution in [2.45, 2.75) is 44.5 Å². The summed E-state index contributed by atoms with van der Waals surface area (Å²) in [6.45, 7) is 8.75. The van der Waals surface area contributed by atoms with Gasteiger partial charge in [0.25, 0.3) is 5.91 Å². The predicted octanol–water partition coefficient (Wildman–Crippen LogP) is 5.21. The quantitative estimate of drug-likeness (QED) is 0.503. The molecule has 7 heteroatoms. The monoisotopic (exact) mass is 426 g/mol. The first-order valence-electron chi connectivity index (χ1n) is 10.1. The van der Waals surface area contributed by atoms with E-state index in [1.54, 1.807) is 22.8 Å². The van der Waals surface area contributed by atoms with Gasteiger partial charge in [0.05, 0.1) is 5.69 Å². The molecule has 0 saturated heterocycles. The third-order valence-electron chi connectivity index (χ3n) is 4.56. The molecule has 1 heterocycles. The number of thioether (sulfide) groups is 1. The average Bonchev–Trinajstić information content (AvgIpc) is 3.15. The van der Waals surface area contributed by atoms with Crippen LogP contribution in [0, 0.1) is 11.7 Å². The maximum Gasteiger partial charge on any atom is 0.251 e. The Morgan fingerprint density at radius 1 is 1.07 bits per heavy atom. The molecular formula is C23H27FN4OS. The van der Waals surface area contributed by atoms with E-state index in [-0.39, 0.29) is 17.6 Å². The van der Waals surface area contributed by atoms with Crippen LogP contribution in [-0.4, -0.2) is 27.2 Å². The van der Waals surface area contributed by atoms with Crippen molar-refractivity contribution in [3.8, 4) is 5.69 Å². The second-order valence-electron chi connectivity index (χ2n) is 7.83. The molecule has 3 aromatic rings. The van der Waals surface area contributed by atoms with E-state index in [2.05, 4.69) is 29.4 Å². The molecule has 0 atom stereocenters. The van der Waals surface area contributed by atoms with Gasteiger partial charge in [-0.05, 0) is 29.7 Å². The summed E-state index contributed by atoms with van der Waals surface area (Å²) < 4.78 is 16.3. The van der Waals surface area contributed by atoms with E-state index >= 15 is 0 Å². The molecule has 1 aromatic heterocycles. The Kier molecular flexibility index (Phi) is 7.26. The van der Waals surface area contributed by atoms with E-state index in [4.69, 9.17) is 0 Å². The van der Waals surface area contributed by atoms with E-state index in [1.807, 2.05) is 38.1 Å². The first kappa shape index (κ1) is 22.0. The highest BCUT2D eigenvalue weighted by atomic mass is 32.2. The highest BCUT2D eigenvalue weighted by molar-refractivity contribution is 7.98. The molecule has 0 aliphatic heterocycles. The molecule has 0 aliphatic rings. The first-order valence-corrected chi connectivity index (χ1v) is 11.1. The topological polar surface area (TPSA) is 59.8 Å². The minimum Gasteiger partial charge on any atom is -0.352 e. The highest BCUT2D eigenvalue weighted by Crippen LogP contribution is 2.29. The van der Waals surface area contributed by atoms with E-state index in [0.717, 1.165) is 5.56 Å². The number of nitrogens with zero attached hydrogens (tertiary/aromatic N) is 3. The zero-order chi connectivity index (χ0) is 21.7. The number of para-hydroxylation sites is 1. The number of aromatic nitrogens is 3. The highest BCUT2D eigenvalue weighted by Gasteiger charge is 2.20. The molecule has 1 N–H and O–H groups in total. The van der Waals surface area contributed by atoms with Crippen LogP contribution in [-0.2, 0) is 5.75 Å². The Morgan fingerprint density at radius 2 is 1.77 bits per heavy atom. The molecule has 0 spiro atoms. The zero-order valence-corrected chi connectivity index (χ0v) is 18.5. The van der Waals surface area contributed by atoms with Gasteiger partial charge in [-0.25, -0.2) is 4.39 Å². The standard InChI is InChI=1S/C23H27FN4OS/c1-15(2)13-25-22(29)18-10-6-5-9-17(18)14-30-23-27-26-21(16(3)4)28(23)20-12-8-7-11-19(20)24/h5-12,15-16H,13-14H2,1-4H3,(H,25,29). The van der Waals surface area contributed by atoms with Crippen LogP contribution in [0.4, 0.5) is 4.39 Å². The molecule has 158 valence electrons. The maximum atomic E-state index is 14.5. The number of carbonyl (C=O) groups is 1. The number of halogens is 1. The lowest BCUT2D eigenvalue weighted by Gasteiger charge is -2.14. The molecule has 30 heavy (non-hydrogen) atoms. The number of rotatable bonds is 8. The summed E-state index contributed by atoms with van der Waals surface area (Å²) in [6, 6.07) is 14.1. The Hall–Kier alpha value is -2.67. The maximum absolute atomic E-state index is 14.5. The van der Waals surface area contributed by atoms with Gasteiger partial charge in [-0.1, -0.05) is 69.8 Å². The Labute approximate surface area is 181 Å². The van der Waals surface area contributed by atoms with E-state index in [1.165, 1.54) is 17.8 Å². The lowest BCUT2D eigenvalue weighted by Crippen LogP contribution is -2.28. The smallest absolute Gasteiger partial charge is 0.251 e. The Morgan fingerprint density at radius 3 is 2.47 bits per heavy atom. The summed E-state index contributed by atoms with van der Waals surface area (Å²) in [5.74, 6) is 1.28. The second-order valence-corrected chi connectivity index (χ2v) is 8.77. The van der Waals surface area contributed by atoms with Crippen LogP contribution in [0.25, 0.3) is 5.69 Å². The van der Waals surface area contributed by atoms with Crippen LogP contribution in [0.5, 0.6) is 0 Å².